The van der Waals surface area contributed by atoms with Gasteiger partial charge in [0.05, 0.1) is 6.61 Å². The van der Waals surface area contributed by atoms with Crippen molar-refractivity contribution in [1.82, 2.24) is 4.72 Å². The molecule has 6 heteroatoms. The Bertz CT molecular complexity index is 411. The molecule has 0 aliphatic carbocycles. The second-order valence-electron chi connectivity index (χ2n) is 3.48. The fourth-order valence-electron chi connectivity index (χ4n) is 1.24. The first-order valence-electron chi connectivity index (χ1n) is 5.29. The third kappa shape index (κ3) is 3.86. The quantitative estimate of drug-likeness (QED) is 0.736. The number of hydrogen-bond donors (Lipinski definition) is 2. The summed E-state index contributed by atoms with van der Waals surface area (Å²) in [5, 5.41) is 8.86. The molecular weight excluding hydrogens is 246 g/mol. The van der Waals surface area contributed by atoms with E-state index in [0.29, 0.717) is 11.4 Å². The lowest BCUT2D eigenvalue weighted by atomic mass is 10.3. The topological polar surface area (TPSA) is 66.4 Å². The Kier molecular flexibility index (Phi) is 5.40. The van der Waals surface area contributed by atoms with Crippen LogP contribution >= 0.6 is 11.3 Å². The van der Waals surface area contributed by atoms with E-state index in [0.717, 1.165) is 30.6 Å². The van der Waals surface area contributed by atoms with Gasteiger partial charge in [-0.05, 0) is 18.6 Å². The van der Waals surface area contributed by atoms with Crippen molar-refractivity contribution >= 4 is 21.4 Å². The molecule has 2 N–H and O–H groups in total. The van der Waals surface area contributed by atoms with Crippen LogP contribution in [0.15, 0.2) is 16.3 Å². The molecule has 0 spiro atoms. The number of rotatable bonds is 7. The monoisotopic (exact) mass is 263 g/mol. The van der Waals surface area contributed by atoms with E-state index in [1.165, 1.54) is 6.07 Å². The average Bonchev–Trinajstić information content (AvgIpc) is 2.73. The first-order valence-corrected chi connectivity index (χ1v) is 7.59. The lowest BCUT2D eigenvalue weighted by Crippen LogP contribution is -2.23. The Morgan fingerprint density at radius 3 is 2.69 bits per heavy atom. The summed E-state index contributed by atoms with van der Waals surface area (Å²) in [7, 11) is -3.37. The largest absolute Gasteiger partial charge is 0.391 e. The second-order valence-corrected chi connectivity index (χ2v) is 6.65. The number of thiophene rings is 1. The molecule has 1 rings (SSSR count). The third-order valence-electron chi connectivity index (χ3n) is 2.13. The molecule has 0 atom stereocenters. The number of hydrogen-bond acceptors (Lipinski definition) is 4. The fourth-order valence-corrected chi connectivity index (χ4v) is 3.57. The van der Waals surface area contributed by atoms with Crippen LogP contribution in [-0.4, -0.2) is 20.1 Å². The van der Waals surface area contributed by atoms with Gasteiger partial charge in [0.25, 0.3) is 0 Å². The van der Waals surface area contributed by atoms with Crippen molar-refractivity contribution in [3.05, 3.63) is 17.0 Å². The summed E-state index contributed by atoms with van der Waals surface area (Å²) in [6.45, 7) is 2.43. The standard InChI is InChI=1S/C10H17NO3S2/c1-2-3-4-7-11-16(13,14)10-6-5-9(8-12)15-10/h5-6,11-12H,2-4,7-8H2,1H3. The zero-order valence-electron chi connectivity index (χ0n) is 9.27. The molecule has 1 heterocycles. The van der Waals surface area contributed by atoms with Crippen LogP contribution in [0.2, 0.25) is 0 Å². The van der Waals surface area contributed by atoms with E-state index in [2.05, 4.69) is 11.6 Å². The van der Waals surface area contributed by atoms with Crippen LogP contribution < -0.4 is 4.72 Å². The maximum absolute atomic E-state index is 11.7. The lowest BCUT2D eigenvalue weighted by molar-refractivity contribution is 0.285. The van der Waals surface area contributed by atoms with Crippen molar-refractivity contribution in [2.45, 2.75) is 37.0 Å². The van der Waals surface area contributed by atoms with E-state index in [4.69, 9.17) is 5.11 Å². The molecule has 92 valence electrons. The Labute approximate surface area is 100 Å². The summed E-state index contributed by atoms with van der Waals surface area (Å²) in [4.78, 5) is 0.661. The van der Waals surface area contributed by atoms with E-state index in [9.17, 15) is 8.42 Å². The van der Waals surface area contributed by atoms with Gasteiger partial charge >= 0.3 is 0 Å². The summed E-state index contributed by atoms with van der Waals surface area (Å²) in [6, 6.07) is 3.16. The van der Waals surface area contributed by atoms with Gasteiger partial charge in [0.15, 0.2) is 0 Å². The van der Waals surface area contributed by atoms with Crippen molar-refractivity contribution in [1.29, 1.82) is 0 Å². The van der Waals surface area contributed by atoms with Crippen LogP contribution in [0.3, 0.4) is 0 Å². The molecule has 0 aromatic carbocycles. The Balaban J connectivity index is 2.56. The zero-order valence-corrected chi connectivity index (χ0v) is 10.9. The van der Waals surface area contributed by atoms with Crippen LogP contribution in [0.25, 0.3) is 0 Å². The second kappa shape index (κ2) is 6.34. The Hall–Kier alpha value is -0.430. The molecule has 0 bridgehead atoms. The van der Waals surface area contributed by atoms with Gasteiger partial charge in [0, 0.05) is 11.4 Å². The SMILES string of the molecule is CCCCCNS(=O)(=O)c1ccc(CO)s1. The third-order valence-corrected chi connectivity index (χ3v) is 5.15. The Morgan fingerprint density at radius 1 is 1.38 bits per heavy atom. The number of aliphatic hydroxyl groups excluding tert-OH is 1. The number of unbranched alkanes of at least 4 members (excludes halogenated alkanes) is 2. The molecule has 1 aromatic rings. The van der Waals surface area contributed by atoms with E-state index in [-0.39, 0.29) is 10.8 Å². The molecule has 0 aliphatic rings. The summed E-state index contributed by atoms with van der Waals surface area (Å²) in [5.74, 6) is 0. The highest BCUT2D eigenvalue weighted by Gasteiger charge is 2.15. The highest BCUT2D eigenvalue weighted by atomic mass is 32.2. The molecule has 0 saturated carbocycles. The highest BCUT2D eigenvalue weighted by molar-refractivity contribution is 7.91. The molecule has 4 nitrogen and oxygen atoms in total. The van der Waals surface area contributed by atoms with Crippen molar-refractivity contribution in [3.63, 3.8) is 0 Å². The summed E-state index contributed by atoms with van der Waals surface area (Å²) < 4.78 is 26.3. The minimum atomic E-state index is -3.37. The normalized spacial score (nSPS) is 11.9. The predicted molar refractivity (Wildman–Crippen MR) is 65.0 cm³/mol. The van der Waals surface area contributed by atoms with E-state index in [1.54, 1.807) is 6.07 Å². The van der Waals surface area contributed by atoms with Gasteiger partial charge in [0.2, 0.25) is 10.0 Å². The van der Waals surface area contributed by atoms with Crippen molar-refractivity contribution in [3.8, 4) is 0 Å². The minimum absolute atomic E-state index is 0.115. The van der Waals surface area contributed by atoms with Crippen LogP contribution in [-0.2, 0) is 16.6 Å². The Morgan fingerprint density at radius 2 is 2.12 bits per heavy atom. The van der Waals surface area contributed by atoms with Crippen molar-refractivity contribution in [2.24, 2.45) is 0 Å². The predicted octanol–water partition coefficient (Wildman–Crippen LogP) is 1.71. The molecule has 0 fully saturated rings. The highest BCUT2D eigenvalue weighted by Crippen LogP contribution is 2.21. The fraction of sp³-hybridized carbons (Fsp3) is 0.600. The van der Waals surface area contributed by atoms with Crippen LogP contribution in [0.1, 0.15) is 31.1 Å². The van der Waals surface area contributed by atoms with Crippen LogP contribution in [0.4, 0.5) is 0 Å². The maximum Gasteiger partial charge on any atom is 0.250 e. The summed E-state index contributed by atoms with van der Waals surface area (Å²) in [6.07, 6.45) is 2.94. The maximum atomic E-state index is 11.7. The van der Waals surface area contributed by atoms with E-state index >= 15 is 0 Å². The van der Waals surface area contributed by atoms with Gasteiger partial charge in [-0.3, -0.25) is 0 Å². The van der Waals surface area contributed by atoms with Gasteiger partial charge in [-0.1, -0.05) is 19.8 Å². The lowest BCUT2D eigenvalue weighted by Gasteiger charge is -2.03. The van der Waals surface area contributed by atoms with Crippen molar-refractivity contribution in [2.75, 3.05) is 6.54 Å². The van der Waals surface area contributed by atoms with Gasteiger partial charge < -0.3 is 5.11 Å². The first kappa shape index (κ1) is 13.6. The molecular formula is C10H17NO3S2. The summed E-state index contributed by atoms with van der Waals surface area (Å²) in [5.41, 5.74) is 0. The molecule has 0 aliphatic heterocycles. The number of aliphatic hydroxyl groups is 1. The van der Waals surface area contributed by atoms with E-state index in [1.807, 2.05) is 0 Å². The molecule has 0 saturated heterocycles. The van der Waals surface area contributed by atoms with Gasteiger partial charge in [-0.15, -0.1) is 11.3 Å². The molecule has 1 aromatic heterocycles. The minimum Gasteiger partial charge on any atom is -0.391 e. The number of nitrogens with one attached hydrogen (secondary N) is 1. The molecule has 16 heavy (non-hydrogen) atoms. The molecule has 0 radical (unpaired) electrons. The average molecular weight is 263 g/mol. The zero-order chi connectivity index (χ0) is 12.0. The van der Waals surface area contributed by atoms with Crippen LogP contribution in [0.5, 0.6) is 0 Å². The van der Waals surface area contributed by atoms with E-state index < -0.39 is 10.0 Å². The smallest absolute Gasteiger partial charge is 0.250 e. The van der Waals surface area contributed by atoms with Crippen LogP contribution in [0, 0.1) is 0 Å². The first-order chi connectivity index (χ1) is 7.60. The summed E-state index contributed by atoms with van der Waals surface area (Å²) >= 11 is 1.10. The van der Waals surface area contributed by atoms with Crippen molar-refractivity contribution < 1.29 is 13.5 Å². The van der Waals surface area contributed by atoms with Gasteiger partial charge in [-0.2, -0.15) is 0 Å². The number of sulfonamides is 1. The molecule has 0 unspecified atom stereocenters. The van der Waals surface area contributed by atoms with Gasteiger partial charge in [0.1, 0.15) is 4.21 Å². The van der Waals surface area contributed by atoms with Gasteiger partial charge in [-0.25, -0.2) is 13.1 Å². The molecule has 0 amide bonds.